The number of aromatic amines is 1. The number of imidazole rings is 1. The lowest BCUT2D eigenvalue weighted by atomic mass is 9.96. The zero-order valence-corrected chi connectivity index (χ0v) is 26.4. The van der Waals surface area contributed by atoms with E-state index < -0.39 is 53.9 Å². The first-order valence-corrected chi connectivity index (χ1v) is 15.2. The highest BCUT2D eigenvalue weighted by atomic mass is 16.3. The standard InChI is InChI=1S/C29H52N8O6/c1-7-9-10-11-31-24(39)15-32-25(40)16-33-27(41)22(12-18(3)4)36-29(43)26(19(5)8-2)37-28(42)23(35-20(6)38)13-21-14-30-17-34-21/h14,17-19,22-24,26,31,39H,7-13,15-16H2,1-6H3,(H,30,34)(H,32,40)(H,33,41)(H,35,38)(H,36,43)(H,37,42)/t19?,22?,23-,24-,26-/m1/s1. The van der Waals surface area contributed by atoms with Crippen molar-refractivity contribution >= 4 is 29.5 Å². The zero-order chi connectivity index (χ0) is 32.4. The number of aromatic nitrogens is 2. The molecule has 0 bridgehead atoms. The van der Waals surface area contributed by atoms with Crippen molar-refractivity contribution in [1.29, 1.82) is 0 Å². The highest BCUT2D eigenvalue weighted by Gasteiger charge is 2.32. The van der Waals surface area contributed by atoms with Gasteiger partial charge in [0.15, 0.2) is 0 Å². The number of hydrogen-bond acceptors (Lipinski definition) is 8. The first-order chi connectivity index (χ1) is 20.4. The quantitative estimate of drug-likeness (QED) is 0.0694. The van der Waals surface area contributed by atoms with E-state index >= 15 is 0 Å². The van der Waals surface area contributed by atoms with Gasteiger partial charge in [-0.2, -0.15) is 0 Å². The van der Waals surface area contributed by atoms with Crippen LogP contribution in [0.1, 0.15) is 79.3 Å². The van der Waals surface area contributed by atoms with Gasteiger partial charge in [0, 0.05) is 25.2 Å². The molecule has 0 aliphatic heterocycles. The van der Waals surface area contributed by atoms with Gasteiger partial charge in [-0.25, -0.2) is 4.98 Å². The Kier molecular flexibility index (Phi) is 17.8. The number of H-pyrrole nitrogens is 1. The van der Waals surface area contributed by atoms with Crippen molar-refractivity contribution in [3.8, 4) is 0 Å². The Bertz CT molecular complexity index is 1000. The van der Waals surface area contributed by atoms with Crippen LogP contribution in [0.2, 0.25) is 0 Å². The summed E-state index contributed by atoms with van der Waals surface area (Å²) in [4.78, 5) is 70.6. The van der Waals surface area contributed by atoms with Gasteiger partial charge >= 0.3 is 0 Å². The van der Waals surface area contributed by atoms with E-state index in [-0.39, 0.29) is 31.3 Å². The fourth-order valence-electron chi connectivity index (χ4n) is 4.27. The fraction of sp³-hybridized carbons (Fsp3) is 0.724. The number of unbranched alkanes of at least 4 members (excludes halogenated alkanes) is 2. The van der Waals surface area contributed by atoms with Gasteiger partial charge in [0.1, 0.15) is 24.4 Å². The van der Waals surface area contributed by atoms with E-state index in [1.54, 1.807) is 6.20 Å². The minimum absolute atomic E-state index is 0.0108. The summed E-state index contributed by atoms with van der Waals surface area (Å²) < 4.78 is 0. The molecule has 43 heavy (non-hydrogen) atoms. The Hall–Kier alpha value is -3.52. The van der Waals surface area contributed by atoms with E-state index in [9.17, 15) is 29.1 Å². The number of aliphatic hydroxyl groups excluding tert-OH is 1. The molecule has 1 aromatic rings. The van der Waals surface area contributed by atoms with Gasteiger partial charge in [0.2, 0.25) is 29.5 Å². The first-order valence-electron chi connectivity index (χ1n) is 15.2. The molecule has 14 nitrogen and oxygen atoms in total. The van der Waals surface area contributed by atoms with Crippen molar-refractivity contribution in [2.45, 2.75) is 104 Å². The van der Waals surface area contributed by atoms with Gasteiger partial charge in [-0.1, -0.05) is 53.9 Å². The molecule has 1 rings (SSSR count). The molecule has 244 valence electrons. The Morgan fingerprint density at radius 2 is 1.65 bits per heavy atom. The first kappa shape index (κ1) is 37.5. The molecule has 0 saturated carbocycles. The number of amides is 5. The van der Waals surface area contributed by atoms with Crippen LogP contribution in [0.4, 0.5) is 0 Å². The molecule has 1 heterocycles. The summed E-state index contributed by atoms with van der Waals surface area (Å²) in [6, 6.07) is -2.88. The number of nitrogens with zero attached hydrogens (tertiary/aromatic N) is 1. The molecule has 0 aliphatic carbocycles. The molecule has 5 amide bonds. The molecule has 2 unspecified atom stereocenters. The van der Waals surface area contributed by atoms with Crippen LogP contribution in [0.5, 0.6) is 0 Å². The van der Waals surface area contributed by atoms with E-state index in [4.69, 9.17) is 0 Å². The third kappa shape index (κ3) is 15.5. The summed E-state index contributed by atoms with van der Waals surface area (Å²) in [7, 11) is 0. The van der Waals surface area contributed by atoms with Crippen molar-refractivity contribution in [3.63, 3.8) is 0 Å². The van der Waals surface area contributed by atoms with Crippen LogP contribution in [0.25, 0.3) is 0 Å². The van der Waals surface area contributed by atoms with Crippen LogP contribution < -0.4 is 31.9 Å². The Balaban J connectivity index is 2.83. The van der Waals surface area contributed by atoms with Crippen molar-refractivity contribution in [2.24, 2.45) is 11.8 Å². The van der Waals surface area contributed by atoms with Crippen LogP contribution in [0, 0.1) is 11.8 Å². The average molecular weight is 609 g/mol. The number of aliphatic hydroxyl groups is 1. The number of rotatable bonds is 21. The predicted molar refractivity (Wildman–Crippen MR) is 162 cm³/mol. The molecule has 0 radical (unpaired) electrons. The molecule has 5 atom stereocenters. The maximum Gasteiger partial charge on any atom is 0.243 e. The lowest BCUT2D eigenvalue weighted by Crippen LogP contribution is -2.59. The second-order valence-corrected chi connectivity index (χ2v) is 11.3. The average Bonchev–Trinajstić information content (AvgIpc) is 3.47. The monoisotopic (exact) mass is 608 g/mol. The molecule has 0 spiro atoms. The number of carbonyl (C=O) groups excluding carboxylic acids is 5. The molecule has 0 aliphatic rings. The summed E-state index contributed by atoms with van der Waals surface area (Å²) in [5.74, 6) is -2.77. The number of nitrogens with one attached hydrogen (secondary N) is 7. The Morgan fingerprint density at radius 1 is 0.930 bits per heavy atom. The largest absolute Gasteiger partial charge is 0.377 e. The Labute approximate surface area is 254 Å². The van der Waals surface area contributed by atoms with Crippen LogP contribution >= 0.6 is 0 Å². The van der Waals surface area contributed by atoms with E-state index in [1.807, 2.05) is 27.7 Å². The third-order valence-corrected chi connectivity index (χ3v) is 6.88. The molecular weight excluding hydrogens is 556 g/mol. The van der Waals surface area contributed by atoms with E-state index in [2.05, 4.69) is 48.8 Å². The van der Waals surface area contributed by atoms with Crippen LogP contribution in [-0.4, -0.2) is 88.6 Å². The topological polar surface area (TPSA) is 206 Å². The van der Waals surface area contributed by atoms with Crippen LogP contribution in [0.15, 0.2) is 12.5 Å². The van der Waals surface area contributed by atoms with E-state index in [0.29, 0.717) is 25.1 Å². The summed E-state index contributed by atoms with van der Waals surface area (Å²) in [6.45, 7) is 11.2. The Morgan fingerprint density at radius 3 is 2.23 bits per heavy atom. The van der Waals surface area contributed by atoms with Gasteiger partial charge in [-0.3, -0.25) is 29.3 Å². The fourth-order valence-corrected chi connectivity index (χ4v) is 4.27. The van der Waals surface area contributed by atoms with Crippen LogP contribution in [0.3, 0.4) is 0 Å². The van der Waals surface area contributed by atoms with Gasteiger partial charge in [-0.05, 0) is 31.2 Å². The van der Waals surface area contributed by atoms with Crippen LogP contribution in [-0.2, 0) is 30.4 Å². The molecule has 0 fully saturated rings. The molecule has 14 heteroatoms. The molecule has 1 aromatic heterocycles. The molecular formula is C29H52N8O6. The van der Waals surface area contributed by atoms with E-state index in [1.165, 1.54) is 13.3 Å². The minimum Gasteiger partial charge on any atom is -0.377 e. The third-order valence-electron chi connectivity index (χ3n) is 6.88. The maximum absolute atomic E-state index is 13.5. The highest BCUT2D eigenvalue weighted by molar-refractivity contribution is 5.95. The van der Waals surface area contributed by atoms with Crippen molar-refractivity contribution < 1.29 is 29.1 Å². The molecule has 0 aromatic carbocycles. The van der Waals surface area contributed by atoms with E-state index in [0.717, 1.165) is 19.3 Å². The summed E-state index contributed by atoms with van der Waals surface area (Å²) >= 11 is 0. The zero-order valence-electron chi connectivity index (χ0n) is 26.4. The van der Waals surface area contributed by atoms with Gasteiger partial charge in [0.05, 0.1) is 19.4 Å². The lowest BCUT2D eigenvalue weighted by Gasteiger charge is -2.28. The summed E-state index contributed by atoms with van der Waals surface area (Å²) in [5.41, 5.74) is 0.633. The number of carbonyl (C=O) groups is 5. The van der Waals surface area contributed by atoms with Gasteiger partial charge in [0.25, 0.3) is 0 Å². The predicted octanol–water partition coefficient (Wildman–Crippen LogP) is -0.151. The normalized spacial score (nSPS) is 14.6. The van der Waals surface area contributed by atoms with Gasteiger partial charge in [-0.15, -0.1) is 0 Å². The molecule has 8 N–H and O–H groups in total. The summed E-state index contributed by atoms with van der Waals surface area (Å²) in [6.07, 6.45) is 6.14. The van der Waals surface area contributed by atoms with Crippen molar-refractivity contribution in [3.05, 3.63) is 18.2 Å². The second-order valence-electron chi connectivity index (χ2n) is 11.3. The smallest absolute Gasteiger partial charge is 0.243 e. The maximum atomic E-state index is 13.5. The number of hydrogen-bond donors (Lipinski definition) is 8. The SMILES string of the molecule is CCCCCN[C@H](O)CNC(=O)CNC(=O)C(CC(C)C)NC(=O)[C@H](NC(=O)[C@@H](Cc1cnc[nH]1)NC(C)=O)C(C)CC. The van der Waals surface area contributed by atoms with Crippen molar-refractivity contribution in [2.75, 3.05) is 19.6 Å². The van der Waals surface area contributed by atoms with Gasteiger partial charge < -0.3 is 36.7 Å². The second kappa shape index (κ2) is 20.4. The van der Waals surface area contributed by atoms with Crippen molar-refractivity contribution in [1.82, 2.24) is 41.9 Å². The highest BCUT2D eigenvalue weighted by Crippen LogP contribution is 2.12. The molecule has 0 saturated heterocycles. The lowest BCUT2D eigenvalue weighted by molar-refractivity contribution is -0.135. The summed E-state index contributed by atoms with van der Waals surface area (Å²) in [5, 5.41) is 26.1. The minimum atomic E-state index is -0.979.